The third kappa shape index (κ3) is 5.41. The number of sulfonamides is 1. The van der Waals surface area contributed by atoms with Crippen molar-refractivity contribution in [3.8, 4) is 0 Å². The van der Waals surface area contributed by atoms with Gasteiger partial charge in [-0.3, -0.25) is 4.79 Å². The molecule has 0 spiro atoms. The highest BCUT2D eigenvalue weighted by Gasteiger charge is 2.22. The van der Waals surface area contributed by atoms with Crippen molar-refractivity contribution in [3.63, 3.8) is 0 Å². The van der Waals surface area contributed by atoms with Gasteiger partial charge in [0.2, 0.25) is 5.09 Å². The van der Waals surface area contributed by atoms with Crippen molar-refractivity contribution >= 4 is 25.8 Å². The second kappa shape index (κ2) is 8.24. The van der Waals surface area contributed by atoms with Gasteiger partial charge in [-0.25, -0.2) is 21.1 Å². The SMILES string of the molecule is Cc1ccc(S(=O)(=O)CCC(=O)OCc2ccc(S(=O)(=O)N(C)C)o2)cc1. The number of ether oxygens (including phenoxy) is 1. The molecule has 0 amide bonds. The molecule has 0 aliphatic heterocycles. The highest BCUT2D eigenvalue weighted by Crippen LogP contribution is 2.18. The quantitative estimate of drug-likeness (QED) is 0.604. The number of aryl methyl sites for hydroxylation is 1. The fraction of sp³-hybridized carbons (Fsp3) is 0.353. The Balaban J connectivity index is 1.90. The molecule has 1 aromatic carbocycles. The smallest absolute Gasteiger partial charge is 0.307 e. The monoisotopic (exact) mass is 415 g/mol. The summed E-state index contributed by atoms with van der Waals surface area (Å²) in [5.41, 5.74) is 0.933. The van der Waals surface area contributed by atoms with Crippen LogP contribution in [0.15, 0.2) is 50.8 Å². The first-order valence-corrected chi connectivity index (χ1v) is 11.1. The second-order valence-electron chi connectivity index (χ2n) is 6.05. The molecule has 0 fully saturated rings. The lowest BCUT2D eigenvalue weighted by atomic mass is 10.2. The van der Waals surface area contributed by atoms with Crippen LogP contribution in [-0.2, 0) is 36.0 Å². The standard InChI is InChI=1S/C17H21NO7S2/c1-13-4-7-15(8-5-13)26(20,21)11-10-16(19)24-12-14-6-9-17(25-14)27(22,23)18(2)3/h4-9H,10-12H2,1-3H3. The van der Waals surface area contributed by atoms with Gasteiger partial charge in [0.1, 0.15) is 12.4 Å². The zero-order chi connectivity index (χ0) is 20.2. The second-order valence-corrected chi connectivity index (χ2v) is 10.2. The molecule has 8 nitrogen and oxygen atoms in total. The Morgan fingerprint density at radius 3 is 2.26 bits per heavy atom. The number of carbonyl (C=O) groups is 1. The van der Waals surface area contributed by atoms with E-state index < -0.39 is 25.8 Å². The molecule has 0 saturated heterocycles. The number of hydrogen-bond acceptors (Lipinski definition) is 7. The lowest BCUT2D eigenvalue weighted by Crippen LogP contribution is -2.21. The van der Waals surface area contributed by atoms with E-state index in [-0.39, 0.29) is 34.5 Å². The fourth-order valence-electron chi connectivity index (χ4n) is 2.06. The molecular weight excluding hydrogens is 394 g/mol. The zero-order valence-electron chi connectivity index (χ0n) is 15.2. The summed E-state index contributed by atoms with van der Waals surface area (Å²) >= 11 is 0. The Hall–Kier alpha value is -2.17. The minimum Gasteiger partial charge on any atom is -0.457 e. The molecule has 0 aliphatic rings. The molecule has 0 atom stereocenters. The molecule has 148 valence electrons. The Morgan fingerprint density at radius 1 is 1.04 bits per heavy atom. The third-order valence-electron chi connectivity index (χ3n) is 3.70. The largest absolute Gasteiger partial charge is 0.457 e. The van der Waals surface area contributed by atoms with Crippen molar-refractivity contribution < 1.29 is 30.8 Å². The number of rotatable bonds is 8. The van der Waals surface area contributed by atoms with Gasteiger partial charge >= 0.3 is 5.97 Å². The summed E-state index contributed by atoms with van der Waals surface area (Å²) in [4.78, 5) is 11.9. The van der Waals surface area contributed by atoms with E-state index in [9.17, 15) is 21.6 Å². The summed E-state index contributed by atoms with van der Waals surface area (Å²) in [5, 5.41) is -0.263. The minimum absolute atomic E-state index is 0.144. The van der Waals surface area contributed by atoms with Crippen molar-refractivity contribution in [1.29, 1.82) is 0 Å². The van der Waals surface area contributed by atoms with E-state index in [0.29, 0.717) is 0 Å². The van der Waals surface area contributed by atoms with Crippen molar-refractivity contribution in [3.05, 3.63) is 47.7 Å². The molecule has 27 heavy (non-hydrogen) atoms. The van der Waals surface area contributed by atoms with Crippen LogP contribution in [0.2, 0.25) is 0 Å². The number of esters is 1. The minimum atomic E-state index is -3.71. The lowest BCUT2D eigenvalue weighted by molar-refractivity contribution is -0.145. The van der Waals surface area contributed by atoms with Gasteiger partial charge in [-0.15, -0.1) is 0 Å². The van der Waals surface area contributed by atoms with Gasteiger partial charge in [-0.05, 0) is 31.2 Å². The first-order valence-electron chi connectivity index (χ1n) is 7.98. The van der Waals surface area contributed by atoms with Crippen LogP contribution in [0.4, 0.5) is 0 Å². The molecule has 0 saturated carbocycles. The van der Waals surface area contributed by atoms with Crippen LogP contribution in [0.25, 0.3) is 0 Å². The van der Waals surface area contributed by atoms with Gasteiger partial charge in [0.15, 0.2) is 9.84 Å². The molecule has 0 bridgehead atoms. The molecule has 2 aromatic rings. The van der Waals surface area contributed by atoms with Crippen LogP contribution in [0, 0.1) is 6.92 Å². The maximum Gasteiger partial charge on any atom is 0.307 e. The predicted octanol–water partition coefficient (Wildman–Crippen LogP) is 1.75. The topological polar surface area (TPSA) is 111 Å². The van der Waals surface area contributed by atoms with E-state index in [2.05, 4.69) is 0 Å². The number of benzene rings is 1. The summed E-state index contributed by atoms with van der Waals surface area (Å²) in [6.45, 7) is 1.56. The van der Waals surface area contributed by atoms with E-state index >= 15 is 0 Å². The molecule has 0 unspecified atom stereocenters. The lowest BCUT2D eigenvalue weighted by Gasteiger charge is -2.08. The van der Waals surface area contributed by atoms with Crippen molar-refractivity contribution in [1.82, 2.24) is 4.31 Å². The Labute approximate surface area is 158 Å². The first kappa shape index (κ1) is 21.1. The van der Waals surface area contributed by atoms with Crippen LogP contribution in [0.3, 0.4) is 0 Å². The fourth-order valence-corrected chi connectivity index (χ4v) is 4.09. The summed E-state index contributed by atoms with van der Waals surface area (Å²) in [7, 11) is -4.57. The first-order chi connectivity index (χ1) is 12.5. The maximum atomic E-state index is 12.2. The van der Waals surface area contributed by atoms with Crippen LogP contribution in [-0.4, -0.2) is 47.0 Å². The van der Waals surface area contributed by atoms with Crippen molar-refractivity contribution in [2.75, 3.05) is 19.8 Å². The van der Waals surface area contributed by atoms with E-state index in [1.807, 2.05) is 6.92 Å². The van der Waals surface area contributed by atoms with Gasteiger partial charge in [0.25, 0.3) is 10.0 Å². The predicted molar refractivity (Wildman–Crippen MR) is 97.2 cm³/mol. The molecule has 1 aromatic heterocycles. The number of sulfone groups is 1. The van der Waals surface area contributed by atoms with Crippen molar-refractivity contribution in [2.45, 2.75) is 29.9 Å². The van der Waals surface area contributed by atoms with E-state index in [4.69, 9.17) is 9.15 Å². The molecule has 1 heterocycles. The Kier molecular flexibility index (Phi) is 6.45. The summed E-state index contributed by atoms with van der Waals surface area (Å²) < 4.78 is 59.3. The molecule has 0 aliphatic carbocycles. The highest BCUT2D eigenvalue weighted by atomic mass is 32.2. The molecular formula is C17H21NO7S2. The van der Waals surface area contributed by atoms with E-state index in [1.54, 1.807) is 12.1 Å². The van der Waals surface area contributed by atoms with E-state index in [1.165, 1.54) is 38.4 Å². The molecule has 0 N–H and O–H groups in total. The number of hydrogen-bond donors (Lipinski definition) is 0. The normalized spacial score (nSPS) is 12.3. The maximum absolute atomic E-state index is 12.2. The summed E-state index contributed by atoms with van der Waals surface area (Å²) in [6.07, 6.45) is -0.320. The average molecular weight is 415 g/mol. The van der Waals surface area contributed by atoms with Gasteiger partial charge < -0.3 is 9.15 Å². The average Bonchev–Trinajstić information content (AvgIpc) is 3.08. The van der Waals surface area contributed by atoms with E-state index in [0.717, 1.165) is 9.87 Å². The van der Waals surface area contributed by atoms with Crippen molar-refractivity contribution in [2.24, 2.45) is 0 Å². The number of furan rings is 1. The number of nitrogens with zero attached hydrogens (tertiary/aromatic N) is 1. The van der Waals surface area contributed by atoms with Crippen LogP contribution >= 0.6 is 0 Å². The molecule has 0 radical (unpaired) electrons. The van der Waals surface area contributed by atoms with Crippen LogP contribution in [0.5, 0.6) is 0 Å². The van der Waals surface area contributed by atoms with Gasteiger partial charge in [-0.1, -0.05) is 17.7 Å². The van der Waals surface area contributed by atoms with Crippen LogP contribution in [0.1, 0.15) is 17.7 Å². The Bertz CT molecular complexity index is 1000. The highest BCUT2D eigenvalue weighted by molar-refractivity contribution is 7.91. The van der Waals surface area contributed by atoms with Gasteiger partial charge in [-0.2, -0.15) is 0 Å². The van der Waals surface area contributed by atoms with Crippen LogP contribution < -0.4 is 0 Å². The van der Waals surface area contributed by atoms with Gasteiger partial charge in [0.05, 0.1) is 17.1 Å². The number of carbonyl (C=O) groups excluding carboxylic acids is 1. The summed E-state index contributed by atoms with van der Waals surface area (Å²) in [5.74, 6) is -0.961. The molecule has 10 heteroatoms. The Morgan fingerprint density at radius 2 is 1.67 bits per heavy atom. The summed E-state index contributed by atoms with van der Waals surface area (Å²) in [6, 6.07) is 8.99. The van der Waals surface area contributed by atoms with Gasteiger partial charge in [0, 0.05) is 14.1 Å². The zero-order valence-corrected chi connectivity index (χ0v) is 16.8. The molecule has 2 rings (SSSR count). The third-order valence-corrected chi connectivity index (χ3v) is 7.12.